The summed E-state index contributed by atoms with van der Waals surface area (Å²) in [6, 6.07) is 4.05. The fourth-order valence-corrected chi connectivity index (χ4v) is 8.61. The smallest absolute Gasteiger partial charge is 0.254 e. The molecule has 0 bridgehead atoms. The van der Waals surface area contributed by atoms with Crippen LogP contribution in [0.15, 0.2) is 18.2 Å². The standard InChI is InChI=1S/C45H72N6O6/c1-43(2,3)46-37(52)28-49(34-19-13-10-14-20-34)40(55)31-25-32(41(56)50(35-21-15-11-16-22-35)29-38(53)47-44(4,5)6)27-33(26-31)42(57)51(36-23-17-12-18-24-36)30-39(54)48-45(7,8)9/h25-27,34-36H,10-24,28-30H2,1-9H3,(H,46,52)(H,47,53)(H,48,54). The minimum atomic E-state index is -0.506. The zero-order valence-corrected chi connectivity index (χ0v) is 36.5. The van der Waals surface area contributed by atoms with Crippen LogP contribution in [-0.2, 0) is 14.4 Å². The summed E-state index contributed by atoms with van der Waals surface area (Å²) in [5, 5.41) is 8.99. The molecule has 6 amide bonds. The molecule has 0 aliphatic heterocycles. The topological polar surface area (TPSA) is 148 Å². The van der Waals surface area contributed by atoms with Crippen LogP contribution >= 0.6 is 0 Å². The Bertz CT molecular complexity index is 1390. The number of hydrogen-bond donors (Lipinski definition) is 3. The van der Waals surface area contributed by atoms with Crippen molar-refractivity contribution in [2.45, 2.75) is 193 Å². The van der Waals surface area contributed by atoms with Crippen LogP contribution in [0.5, 0.6) is 0 Å². The molecule has 3 N–H and O–H groups in total. The zero-order valence-electron chi connectivity index (χ0n) is 36.5. The molecule has 0 aromatic heterocycles. The van der Waals surface area contributed by atoms with E-state index in [4.69, 9.17) is 0 Å². The molecule has 0 radical (unpaired) electrons. The van der Waals surface area contributed by atoms with Crippen molar-refractivity contribution in [2.24, 2.45) is 0 Å². The lowest BCUT2D eigenvalue weighted by atomic mass is 9.92. The van der Waals surface area contributed by atoms with E-state index in [0.29, 0.717) is 0 Å². The zero-order chi connectivity index (χ0) is 42.1. The lowest BCUT2D eigenvalue weighted by Crippen LogP contribution is -2.51. The first-order valence-corrected chi connectivity index (χ1v) is 21.6. The monoisotopic (exact) mass is 793 g/mol. The Morgan fingerprint density at radius 3 is 0.825 bits per heavy atom. The summed E-state index contributed by atoms with van der Waals surface area (Å²) in [4.78, 5) is 89.8. The number of hydrogen-bond acceptors (Lipinski definition) is 6. The lowest BCUT2D eigenvalue weighted by Gasteiger charge is -2.36. The maximum absolute atomic E-state index is 14.9. The Hall–Kier alpha value is -3.96. The predicted octanol–water partition coefficient (Wildman–Crippen LogP) is 6.76. The van der Waals surface area contributed by atoms with Crippen molar-refractivity contribution in [3.05, 3.63) is 34.9 Å². The molecular formula is C45H72N6O6. The molecule has 0 spiro atoms. The molecular weight excluding hydrogens is 721 g/mol. The molecule has 1 aromatic carbocycles. The number of carbonyl (C=O) groups is 6. The lowest BCUT2D eigenvalue weighted by molar-refractivity contribution is -0.124. The van der Waals surface area contributed by atoms with E-state index in [1.807, 2.05) is 62.3 Å². The third-order valence-electron chi connectivity index (χ3n) is 11.0. The minimum Gasteiger partial charge on any atom is -0.350 e. The molecule has 3 aliphatic carbocycles. The van der Waals surface area contributed by atoms with Gasteiger partial charge in [-0.05, 0) is 119 Å². The van der Waals surface area contributed by atoms with Crippen molar-refractivity contribution in [1.82, 2.24) is 30.7 Å². The van der Waals surface area contributed by atoms with E-state index in [-0.39, 0.29) is 72.2 Å². The highest BCUT2D eigenvalue weighted by Crippen LogP contribution is 2.29. The third-order valence-corrected chi connectivity index (χ3v) is 11.0. The second kappa shape index (κ2) is 19.7. The fraction of sp³-hybridized carbons (Fsp3) is 0.733. The molecule has 12 nitrogen and oxygen atoms in total. The number of amides is 6. The summed E-state index contributed by atoms with van der Waals surface area (Å²) in [6.45, 7) is 16.6. The van der Waals surface area contributed by atoms with Crippen LogP contribution in [0.2, 0.25) is 0 Å². The number of carbonyl (C=O) groups excluding carboxylic acids is 6. The molecule has 0 heterocycles. The van der Waals surface area contributed by atoms with Crippen LogP contribution in [0, 0.1) is 0 Å². The van der Waals surface area contributed by atoms with Gasteiger partial charge in [0.25, 0.3) is 17.7 Å². The molecule has 0 saturated heterocycles. The van der Waals surface area contributed by atoms with E-state index in [0.717, 1.165) is 96.3 Å². The van der Waals surface area contributed by atoms with Gasteiger partial charge in [-0.3, -0.25) is 28.8 Å². The molecule has 12 heteroatoms. The van der Waals surface area contributed by atoms with Gasteiger partial charge in [-0.15, -0.1) is 0 Å². The van der Waals surface area contributed by atoms with Crippen LogP contribution in [0.4, 0.5) is 0 Å². The van der Waals surface area contributed by atoms with Crippen molar-refractivity contribution in [3.8, 4) is 0 Å². The van der Waals surface area contributed by atoms with Gasteiger partial charge < -0.3 is 30.7 Å². The summed E-state index contributed by atoms with van der Waals surface area (Å²) in [5.41, 5.74) is -1.13. The fourth-order valence-electron chi connectivity index (χ4n) is 8.61. The maximum atomic E-state index is 14.9. The van der Waals surface area contributed by atoms with Crippen LogP contribution < -0.4 is 16.0 Å². The number of nitrogens with one attached hydrogen (secondary N) is 3. The van der Waals surface area contributed by atoms with Crippen molar-refractivity contribution in [3.63, 3.8) is 0 Å². The number of rotatable bonds is 12. The first kappa shape index (κ1) is 45.7. The largest absolute Gasteiger partial charge is 0.350 e. The number of benzene rings is 1. The number of nitrogens with zero attached hydrogens (tertiary/aromatic N) is 3. The van der Waals surface area contributed by atoms with Crippen molar-refractivity contribution in [1.29, 1.82) is 0 Å². The van der Waals surface area contributed by atoms with E-state index >= 15 is 0 Å². The first-order valence-electron chi connectivity index (χ1n) is 21.6. The average Bonchev–Trinajstić information content (AvgIpc) is 3.13. The highest BCUT2D eigenvalue weighted by Gasteiger charge is 2.35. The van der Waals surface area contributed by atoms with E-state index in [1.54, 1.807) is 14.7 Å². The summed E-state index contributed by atoms with van der Waals surface area (Å²) >= 11 is 0. The van der Waals surface area contributed by atoms with Gasteiger partial charge in [0, 0.05) is 51.4 Å². The van der Waals surface area contributed by atoms with Crippen LogP contribution in [0.3, 0.4) is 0 Å². The van der Waals surface area contributed by atoms with E-state index in [1.165, 1.54) is 18.2 Å². The third kappa shape index (κ3) is 14.4. The van der Waals surface area contributed by atoms with Crippen LogP contribution in [-0.4, -0.2) is 105 Å². The van der Waals surface area contributed by atoms with E-state index in [9.17, 15) is 28.8 Å². The van der Waals surface area contributed by atoms with Gasteiger partial charge in [0.1, 0.15) is 19.6 Å². The molecule has 0 unspecified atom stereocenters. The highest BCUT2D eigenvalue weighted by atomic mass is 16.2. The second-order valence-corrected chi connectivity index (χ2v) is 19.9. The Balaban J connectivity index is 1.84. The van der Waals surface area contributed by atoms with Gasteiger partial charge in [-0.2, -0.15) is 0 Å². The van der Waals surface area contributed by atoms with Gasteiger partial charge >= 0.3 is 0 Å². The molecule has 4 rings (SSSR count). The molecule has 0 atom stereocenters. The molecule has 57 heavy (non-hydrogen) atoms. The van der Waals surface area contributed by atoms with E-state index < -0.39 is 34.3 Å². The summed E-state index contributed by atoms with van der Waals surface area (Å²) in [7, 11) is 0. The molecule has 3 saturated carbocycles. The van der Waals surface area contributed by atoms with Gasteiger partial charge in [-0.25, -0.2) is 0 Å². The first-order chi connectivity index (χ1) is 26.6. The quantitative estimate of drug-likeness (QED) is 0.213. The summed E-state index contributed by atoms with van der Waals surface area (Å²) in [5.74, 6) is -2.15. The Morgan fingerprint density at radius 1 is 0.421 bits per heavy atom. The van der Waals surface area contributed by atoms with Crippen molar-refractivity contribution in [2.75, 3.05) is 19.6 Å². The molecule has 318 valence electrons. The second-order valence-electron chi connectivity index (χ2n) is 19.9. The average molecular weight is 793 g/mol. The minimum absolute atomic E-state index is 0.129. The molecule has 3 aliphatic rings. The van der Waals surface area contributed by atoms with Gasteiger partial charge in [0.15, 0.2) is 0 Å². The maximum Gasteiger partial charge on any atom is 0.254 e. The SMILES string of the molecule is CC(C)(C)NC(=O)CN(C(=O)c1cc(C(=O)N(CC(=O)NC(C)(C)C)C2CCCCC2)cc(C(=O)N(CC(=O)NC(C)(C)C)C2CCCCC2)c1)C1CCCCC1. The van der Waals surface area contributed by atoms with Gasteiger partial charge in [0.2, 0.25) is 17.7 Å². The van der Waals surface area contributed by atoms with Crippen LogP contribution in [0.1, 0.15) is 190 Å². The van der Waals surface area contributed by atoms with Crippen molar-refractivity contribution < 1.29 is 28.8 Å². The Labute approximate surface area is 342 Å². The molecule has 3 fully saturated rings. The summed E-state index contributed by atoms with van der Waals surface area (Å²) in [6.07, 6.45) is 13.2. The predicted molar refractivity (Wildman–Crippen MR) is 224 cm³/mol. The highest BCUT2D eigenvalue weighted by molar-refractivity contribution is 6.06. The molecule has 1 aromatic rings. The van der Waals surface area contributed by atoms with Crippen molar-refractivity contribution >= 4 is 35.4 Å². The normalized spacial score (nSPS) is 17.6. The Kier molecular flexibility index (Phi) is 15.8. The summed E-state index contributed by atoms with van der Waals surface area (Å²) < 4.78 is 0. The van der Waals surface area contributed by atoms with Gasteiger partial charge in [0.05, 0.1) is 0 Å². The van der Waals surface area contributed by atoms with Crippen LogP contribution in [0.25, 0.3) is 0 Å². The van der Waals surface area contributed by atoms with Gasteiger partial charge in [-0.1, -0.05) is 57.8 Å². The Morgan fingerprint density at radius 2 is 0.632 bits per heavy atom. The van der Waals surface area contributed by atoms with E-state index in [2.05, 4.69) is 16.0 Å².